The third-order valence-electron chi connectivity index (χ3n) is 6.53. The van der Waals surface area contributed by atoms with Gasteiger partial charge in [0.05, 0.1) is 13.2 Å². The summed E-state index contributed by atoms with van der Waals surface area (Å²) in [7, 11) is 0. The molecule has 1 heterocycles. The molecular formula is C27H50O6. The van der Waals surface area contributed by atoms with Gasteiger partial charge in [0.15, 0.2) is 6.10 Å². The molecule has 0 spiro atoms. The monoisotopic (exact) mass is 470 g/mol. The van der Waals surface area contributed by atoms with Crippen molar-refractivity contribution in [3.63, 3.8) is 0 Å². The number of unbranched alkanes of at least 4 members (excludes halogenated alkanes) is 13. The molecule has 0 unspecified atom stereocenters. The fourth-order valence-corrected chi connectivity index (χ4v) is 4.26. The number of hydrogen-bond acceptors (Lipinski definition) is 6. The van der Waals surface area contributed by atoms with Gasteiger partial charge in [0, 0.05) is 6.42 Å². The van der Waals surface area contributed by atoms with Gasteiger partial charge in [0.2, 0.25) is 0 Å². The normalized spacial score (nSPS) is 20.2. The molecule has 0 aromatic rings. The van der Waals surface area contributed by atoms with E-state index in [1.54, 1.807) is 0 Å². The standard InChI is InChI=1S/C27H50O6/c1-3-5-7-8-9-10-11-12-13-14-15-17-21-31-26(30)24-19-20-27(22-28,33-24)23-32-25(29)18-16-6-4-2/h24,28H,3-23H2,1-2H3/t24-,27-/m1/s1. The van der Waals surface area contributed by atoms with E-state index in [2.05, 4.69) is 13.8 Å². The molecule has 1 fully saturated rings. The molecule has 0 saturated carbocycles. The molecule has 0 amide bonds. The van der Waals surface area contributed by atoms with E-state index in [9.17, 15) is 14.7 Å². The van der Waals surface area contributed by atoms with Crippen molar-refractivity contribution in [2.75, 3.05) is 19.8 Å². The molecule has 0 aliphatic carbocycles. The van der Waals surface area contributed by atoms with E-state index in [4.69, 9.17) is 14.2 Å². The van der Waals surface area contributed by atoms with Crippen LogP contribution in [0.4, 0.5) is 0 Å². The van der Waals surface area contributed by atoms with Crippen LogP contribution in [0.2, 0.25) is 0 Å². The van der Waals surface area contributed by atoms with Crippen molar-refractivity contribution in [2.24, 2.45) is 0 Å². The summed E-state index contributed by atoms with van der Waals surface area (Å²) >= 11 is 0. The maximum Gasteiger partial charge on any atom is 0.335 e. The lowest BCUT2D eigenvalue weighted by Crippen LogP contribution is -2.41. The van der Waals surface area contributed by atoms with Crippen LogP contribution < -0.4 is 0 Å². The first-order chi connectivity index (χ1) is 16.1. The number of rotatable bonds is 21. The van der Waals surface area contributed by atoms with Gasteiger partial charge >= 0.3 is 11.9 Å². The molecule has 6 nitrogen and oxygen atoms in total. The minimum absolute atomic E-state index is 0.0169. The van der Waals surface area contributed by atoms with Crippen molar-refractivity contribution in [2.45, 2.75) is 141 Å². The molecule has 0 aromatic carbocycles. The van der Waals surface area contributed by atoms with E-state index in [1.165, 1.54) is 64.2 Å². The van der Waals surface area contributed by atoms with Crippen LogP contribution in [0.25, 0.3) is 0 Å². The molecule has 1 rings (SSSR count). The van der Waals surface area contributed by atoms with Gasteiger partial charge in [-0.15, -0.1) is 0 Å². The summed E-state index contributed by atoms with van der Waals surface area (Å²) in [5, 5.41) is 9.77. The van der Waals surface area contributed by atoms with Crippen LogP contribution in [0, 0.1) is 0 Å². The van der Waals surface area contributed by atoms with Crippen molar-refractivity contribution < 1.29 is 28.9 Å². The topological polar surface area (TPSA) is 82.1 Å². The Hall–Kier alpha value is -1.14. The molecule has 1 aliphatic heterocycles. The summed E-state index contributed by atoms with van der Waals surface area (Å²) in [4.78, 5) is 24.2. The highest BCUT2D eigenvalue weighted by Crippen LogP contribution is 2.31. The molecule has 0 bridgehead atoms. The maximum absolute atomic E-state index is 12.3. The zero-order chi connectivity index (χ0) is 24.2. The minimum atomic E-state index is -0.986. The Kier molecular flexibility index (Phi) is 17.4. The summed E-state index contributed by atoms with van der Waals surface area (Å²) in [6.07, 6.45) is 18.7. The van der Waals surface area contributed by atoms with Crippen molar-refractivity contribution in [1.29, 1.82) is 0 Å². The van der Waals surface area contributed by atoms with Crippen molar-refractivity contribution in [1.82, 2.24) is 0 Å². The van der Waals surface area contributed by atoms with E-state index in [0.29, 0.717) is 25.9 Å². The van der Waals surface area contributed by atoms with E-state index in [-0.39, 0.29) is 25.2 Å². The number of ether oxygens (including phenoxy) is 3. The van der Waals surface area contributed by atoms with Gasteiger partial charge in [-0.2, -0.15) is 0 Å². The van der Waals surface area contributed by atoms with Gasteiger partial charge in [0.1, 0.15) is 12.2 Å². The third kappa shape index (κ3) is 14.0. The largest absolute Gasteiger partial charge is 0.464 e. The van der Waals surface area contributed by atoms with Gasteiger partial charge in [-0.3, -0.25) is 4.79 Å². The highest BCUT2D eigenvalue weighted by Gasteiger charge is 2.44. The van der Waals surface area contributed by atoms with Gasteiger partial charge in [-0.05, 0) is 25.7 Å². The average molecular weight is 471 g/mol. The molecule has 1 saturated heterocycles. The van der Waals surface area contributed by atoms with Crippen molar-refractivity contribution in [3.05, 3.63) is 0 Å². The number of carbonyl (C=O) groups excluding carboxylic acids is 2. The predicted molar refractivity (Wildman–Crippen MR) is 131 cm³/mol. The third-order valence-corrected chi connectivity index (χ3v) is 6.53. The summed E-state index contributed by atoms with van der Waals surface area (Å²) in [6, 6.07) is 0. The first-order valence-electron chi connectivity index (χ1n) is 13.7. The number of carbonyl (C=O) groups is 2. The van der Waals surface area contributed by atoms with Gasteiger partial charge in [-0.1, -0.05) is 97.3 Å². The zero-order valence-corrected chi connectivity index (χ0v) is 21.4. The number of hydrogen-bond donors (Lipinski definition) is 1. The average Bonchev–Trinajstić information content (AvgIpc) is 3.26. The lowest BCUT2D eigenvalue weighted by Gasteiger charge is -2.26. The summed E-state index contributed by atoms with van der Waals surface area (Å²) < 4.78 is 16.5. The van der Waals surface area contributed by atoms with Crippen LogP contribution in [-0.4, -0.2) is 48.6 Å². The van der Waals surface area contributed by atoms with E-state index >= 15 is 0 Å². The molecule has 33 heavy (non-hydrogen) atoms. The lowest BCUT2D eigenvalue weighted by atomic mass is 10.0. The molecule has 2 atom stereocenters. The first kappa shape index (κ1) is 29.9. The van der Waals surface area contributed by atoms with E-state index in [1.807, 2.05) is 0 Å². The molecule has 6 heteroatoms. The Labute approximate surface area is 202 Å². The Morgan fingerprint density at radius 3 is 1.94 bits per heavy atom. The smallest absolute Gasteiger partial charge is 0.335 e. The summed E-state index contributed by atoms with van der Waals surface area (Å²) in [5.41, 5.74) is -0.986. The second-order valence-electron chi connectivity index (χ2n) is 9.66. The summed E-state index contributed by atoms with van der Waals surface area (Å²) in [6.45, 7) is 4.45. The summed E-state index contributed by atoms with van der Waals surface area (Å²) in [5.74, 6) is -0.652. The van der Waals surface area contributed by atoms with Crippen LogP contribution in [0.3, 0.4) is 0 Å². The fraction of sp³-hybridized carbons (Fsp3) is 0.926. The van der Waals surface area contributed by atoms with Crippen LogP contribution in [-0.2, 0) is 23.8 Å². The Bertz CT molecular complexity index is 509. The van der Waals surface area contributed by atoms with E-state index in [0.717, 1.165) is 32.1 Å². The van der Waals surface area contributed by atoms with Gasteiger partial charge in [-0.25, -0.2) is 4.79 Å². The van der Waals surface area contributed by atoms with Crippen LogP contribution >= 0.6 is 0 Å². The van der Waals surface area contributed by atoms with Crippen molar-refractivity contribution >= 4 is 11.9 Å². The molecule has 0 radical (unpaired) electrons. The Morgan fingerprint density at radius 1 is 0.818 bits per heavy atom. The number of aliphatic hydroxyl groups is 1. The quantitative estimate of drug-likeness (QED) is 0.157. The highest BCUT2D eigenvalue weighted by molar-refractivity contribution is 5.75. The predicted octanol–water partition coefficient (Wildman–Crippen LogP) is 6.26. The van der Waals surface area contributed by atoms with Crippen LogP contribution in [0.15, 0.2) is 0 Å². The fourth-order valence-electron chi connectivity index (χ4n) is 4.26. The Morgan fingerprint density at radius 2 is 1.36 bits per heavy atom. The number of aliphatic hydroxyl groups excluding tert-OH is 1. The number of esters is 2. The second kappa shape index (κ2) is 19.2. The molecule has 0 aromatic heterocycles. The van der Waals surface area contributed by atoms with Crippen molar-refractivity contribution in [3.8, 4) is 0 Å². The second-order valence-corrected chi connectivity index (χ2v) is 9.66. The van der Waals surface area contributed by atoms with Crippen LogP contribution in [0.5, 0.6) is 0 Å². The highest BCUT2D eigenvalue weighted by atomic mass is 16.6. The van der Waals surface area contributed by atoms with Gasteiger partial charge < -0.3 is 19.3 Å². The molecule has 1 N–H and O–H groups in total. The Balaban J connectivity index is 2.06. The maximum atomic E-state index is 12.3. The SMILES string of the molecule is CCCCCCCCCCCCCCOC(=O)[C@H]1CC[C@@](CO)(COC(=O)CCCCC)O1. The molecule has 194 valence electrons. The van der Waals surface area contributed by atoms with Gasteiger partial charge in [0.25, 0.3) is 0 Å². The van der Waals surface area contributed by atoms with Crippen LogP contribution in [0.1, 0.15) is 129 Å². The lowest BCUT2D eigenvalue weighted by molar-refractivity contribution is -0.173. The molecular weight excluding hydrogens is 420 g/mol. The first-order valence-corrected chi connectivity index (χ1v) is 13.7. The van der Waals surface area contributed by atoms with E-state index < -0.39 is 11.7 Å². The minimum Gasteiger partial charge on any atom is -0.464 e. The zero-order valence-electron chi connectivity index (χ0n) is 21.4. The molecule has 1 aliphatic rings.